The summed E-state index contributed by atoms with van der Waals surface area (Å²) in [4.78, 5) is 17.4. The minimum atomic E-state index is -0.373. The first-order valence-corrected chi connectivity index (χ1v) is 5.72. The minimum Gasteiger partial charge on any atom is -0.409 e. The second-order valence-corrected chi connectivity index (χ2v) is 4.22. The summed E-state index contributed by atoms with van der Waals surface area (Å²) >= 11 is 0. The lowest BCUT2D eigenvalue weighted by molar-refractivity contribution is 0.0797. The van der Waals surface area contributed by atoms with Crippen LogP contribution < -0.4 is 4.74 Å². The van der Waals surface area contributed by atoms with Crippen molar-refractivity contribution >= 4 is 6.09 Å². The van der Waals surface area contributed by atoms with E-state index in [4.69, 9.17) is 4.74 Å². The first-order chi connectivity index (χ1) is 8.15. The summed E-state index contributed by atoms with van der Waals surface area (Å²) < 4.78 is 5.19. The van der Waals surface area contributed by atoms with Gasteiger partial charge in [0.05, 0.1) is 12.3 Å². The molecule has 1 N–H and O–H groups in total. The van der Waals surface area contributed by atoms with Crippen molar-refractivity contribution in [1.29, 1.82) is 0 Å². The first-order valence-electron chi connectivity index (χ1n) is 5.72. The van der Waals surface area contributed by atoms with Crippen LogP contribution >= 0.6 is 0 Å². The Labute approximate surface area is 100 Å². The normalized spacial score (nSPS) is 16.9. The number of likely N-dealkylation sites (tertiary alicyclic amines) is 1. The van der Waals surface area contributed by atoms with Gasteiger partial charge in [-0.3, -0.25) is 4.98 Å². The van der Waals surface area contributed by atoms with Crippen LogP contribution in [0.3, 0.4) is 0 Å². The fraction of sp³-hybridized carbons (Fsp3) is 0.500. The van der Waals surface area contributed by atoms with Crippen molar-refractivity contribution in [2.24, 2.45) is 0 Å². The Morgan fingerprint density at radius 3 is 2.76 bits per heavy atom. The monoisotopic (exact) mass is 236 g/mol. The van der Waals surface area contributed by atoms with E-state index in [0.717, 1.165) is 5.69 Å². The Morgan fingerprint density at radius 2 is 2.18 bits per heavy atom. The molecule has 0 bridgehead atoms. The summed E-state index contributed by atoms with van der Waals surface area (Å²) in [5.41, 5.74) is 0.880. The number of carbonyl (C=O) groups is 1. The van der Waals surface area contributed by atoms with E-state index in [2.05, 4.69) is 4.98 Å². The van der Waals surface area contributed by atoms with E-state index in [9.17, 15) is 9.90 Å². The molecule has 0 spiro atoms. The fourth-order valence-electron chi connectivity index (χ4n) is 1.73. The van der Waals surface area contributed by atoms with E-state index in [0.29, 0.717) is 31.7 Å². The van der Waals surface area contributed by atoms with Crippen molar-refractivity contribution in [2.75, 3.05) is 13.1 Å². The molecule has 2 rings (SSSR count). The molecule has 5 nitrogen and oxygen atoms in total. The smallest absolute Gasteiger partial charge is 0.409 e. The molecular formula is C12H16N2O3. The summed E-state index contributed by atoms with van der Waals surface area (Å²) in [7, 11) is 0. The van der Waals surface area contributed by atoms with Gasteiger partial charge in [0.2, 0.25) is 0 Å². The van der Waals surface area contributed by atoms with Crippen molar-refractivity contribution in [1.82, 2.24) is 9.88 Å². The number of hydrogen-bond acceptors (Lipinski definition) is 4. The second kappa shape index (κ2) is 5.14. The molecule has 1 saturated heterocycles. The van der Waals surface area contributed by atoms with Crippen LogP contribution in [-0.2, 0) is 0 Å². The van der Waals surface area contributed by atoms with E-state index in [-0.39, 0.29) is 12.2 Å². The number of aryl methyl sites for hydroxylation is 1. The number of ether oxygens (including phenoxy) is 1. The molecular weight excluding hydrogens is 220 g/mol. The van der Waals surface area contributed by atoms with Gasteiger partial charge >= 0.3 is 6.09 Å². The van der Waals surface area contributed by atoms with Gasteiger partial charge in [-0.1, -0.05) is 0 Å². The van der Waals surface area contributed by atoms with Crippen molar-refractivity contribution < 1.29 is 14.6 Å². The van der Waals surface area contributed by atoms with E-state index >= 15 is 0 Å². The highest BCUT2D eigenvalue weighted by Crippen LogP contribution is 2.14. The van der Waals surface area contributed by atoms with Gasteiger partial charge in [0.15, 0.2) is 5.75 Å². The van der Waals surface area contributed by atoms with Gasteiger partial charge in [-0.15, -0.1) is 0 Å². The highest BCUT2D eigenvalue weighted by molar-refractivity contribution is 5.70. The molecule has 0 aliphatic carbocycles. The molecule has 92 valence electrons. The van der Waals surface area contributed by atoms with Crippen LogP contribution in [0.25, 0.3) is 0 Å². The van der Waals surface area contributed by atoms with Gasteiger partial charge in [0.25, 0.3) is 0 Å². The van der Waals surface area contributed by atoms with E-state index in [1.807, 2.05) is 6.92 Å². The summed E-state index contributed by atoms with van der Waals surface area (Å²) in [5.74, 6) is 0.451. The largest absolute Gasteiger partial charge is 0.415 e. The van der Waals surface area contributed by atoms with Gasteiger partial charge < -0.3 is 14.7 Å². The van der Waals surface area contributed by atoms with Crippen molar-refractivity contribution in [3.8, 4) is 5.75 Å². The molecule has 5 heteroatoms. The Hall–Kier alpha value is -1.62. The Morgan fingerprint density at radius 1 is 1.47 bits per heavy atom. The summed E-state index contributed by atoms with van der Waals surface area (Å²) in [5, 5.41) is 9.34. The fourth-order valence-corrected chi connectivity index (χ4v) is 1.73. The standard InChI is InChI=1S/C12H16N2O3/c1-9-2-3-11(8-13-9)17-12(16)14-6-4-10(15)5-7-14/h2-3,8,10,15H,4-7H2,1H3. The number of aliphatic hydroxyl groups is 1. The average molecular weight is 236 g/mol. The van der Waals surface area contributed by atoms with Crippen molar-refractivity contribution in [3.63, 3.8) is 0 Å². The molecule has 1 fully saturated rings. The summed E-state index contributed by atoms with van der Waals surface area (Å²) in [6.45, 7) is 2.95. The van der Waals surface area contributed by atoms with Crippen LogP contribution in [0.4, 0.5) is 4.79 Å². The summed E-state index contributed by atoms with van der Waals surface area (Å²) in [6.07, 6.45) is 2.09. The topological polar surface area (TPSA) is 62.7 Å². The van der Waals surface area contributed by atoms with Crippen molar-refractivity contribution in [2.45, 2.75) is 25.9 Å². The minimum absolute atomic E-state index is 0.292. The Kier molecular flexibility index (Phi) is 3.58. The lowest BCUT2D eigenvalue weighted by atomic mass is 10.1. The zero-order valence-corrected chi connectivity index (χ0v) is 9.80. The maximum atomic E-state index is 11.8. The van der Waals surface area contributed by atoms with E-state index < -0.39 is 0 Å². The number of piperidine rings is 1. The molecule has 1 aliphatic heterocycles. The van der Waals surface area contributed by atoms with E-state index in [1.165, 1.54) is 6.20 Å². The molecule has 0 atom stereocenters. The van der Waals surface area contributed by atoms with Gasteiger partial charge in [-0.05, 0) is 31.9 Å². The Balaban J connectivity index is 1.90. The summed E-state index contributed by atoms with van der Waals surface area (Å²) in [6, 6.07) is 3.52. The molecule has 2 heterocycles. The molecule has 1 aliphatic rings. The van der Waals surface area contributed by atoms with Crippen LogP contribution in [0.2, 0.25) is 0 Å². The zero-order valence-electron chi connectivity index (χ0n) is 9.80. The molecule has 0 radical (unpaired) electrons. The van der Waals surface area contributed by atoms with Crippen LogP contribution in [0.1, 0.15) is 18.5 Å². The number of nitrogens with zero attached hydrogens (tertiary/aromatic N) is 2. The molecule has 0 aromatic carbocycles. The molecule has 1 aromatic rings. The average Bonchev–Trinajstić information content (AvgIpc) is 2.33. The number of aliphatic hydroxyl groups excluding tert-OH is 1. The van der Waals surface area contributed by atoms with Gasteiger partial charge in [0.1, 0.15) is 0 Å². The number of hydrogen-bond donors (Lipinski definition) is 1. The maximum Gasteiger partial charge on any atom is 0.415 e. The number of pyridine rings is 1. The van der Waals surface area contributed by atoms with Crippen molar-refractivity contribution in [3.05, 3.63) is 24.0 Å². The van der Waals surface area contributed by atoms with Crippen LogP contribution in [-0.4, -0.2) is 40.3 Å². The molecule has 0 unspecified atom stereocenters. The molecule has 17 heavy (non-hydrogen) atoms. The highest BCUT2D eigenvalue weighted by Gasteiger charge is 2.22. The number of aromatic nitrogens is 1. The highest BCUT2D eigenvalue weighted by atomic mass is 16.6. The number of carbonyl (C=O) groups excluding carboxylic acids is 1. The quantitative estimate of drug-likeness (QED) is 0.799. The predicted molar refractivity (Wildman–Crippen MR) is 61.8 cm³/mol. The van der Waals surface area contributed by atoms with Gasteiger partial charge in [0, 0.05) is 18.8 Å². The zero-order chi connectivity index (χ0) is 12.3. The Bertz CT molecular complexity index is 383. The number of rotatable bonds is 1. The third-order valence-corrected chi connectivity index (χ3v) is 2.81. The second-order valence-electron chi connectivity index (χ2n) is 4.22. The maximum absolute atomic E-state index is 11.8. The van der Waals surface area contributed by atoms with Gasteiger partial charge in [-0.2, -0.15) is 0 Å². The third-order valence-electron chi connectivity index (χ3n) is 2.81. The lowest BCUT2D eigenvalue weighted by Crippen LogP contribution is -2.41. The van der Waals surface area contributed by atoms with E-state index in [1.54, 1.807) is 17.0 Å². The van der Waals surface area contributed by atoms with Gasteiger partial charge in [-0.25, -0.2) is 4.79 Å². The molecule has 0 saturated carbocycles. The van der Waals surface area contributed by atoms with Crippen LogP contribution in [0.15, 0.2) is 18.3 Å². The number of amides is 1. The first kappa shape index (κ1) is 11.9. The third kappa shape index (κ3) is 3.17. The SMILES string of the molecule is Cc1ccc(OC(=O)N2CCC(O)CC2)cn1. The lowest BCUT2D eigenvalue weighted by Gasteiger charge is -2.28. The molecule has 1 amide bonds. The van der Waals surface area contributed by atoms with Crippen LogP contribution in [0, 0.1) is 6.92 Å². The molecule has 1 aromatic heterocycles. The predicted octanol–water partition coefficient (Wildman–Crippen LogP) is 1.35. The van der Waals surface area contributed by atoms with Crippen LogP contribution in [0.5, 0.6) is 5.75 Å².